The van der Waals surface area contributed by atoms with Gasteiger partial charge in [-0.3, -0.25) is 19.3 Å². The van der Waals surface area contributed by atoms with Crippen LogP contribution in [0.25, 0.3) is 0 Å². The largest absolute Gasteiger partial charge is 0.319 e. The summed E-state index contributed by atoms with van der Waals surface area (Å²) in [6, 6.07) is 3.22. The lowest BCUT2D eigenvalue weighted by molar-refractivity contribution is 0.101. The van der Waals surface area contributed by atoms with E-state index >= 15 is 0 Å². The first-order valence-corrected chi connectivity index (χ1v) is 6.61. The molecule has 2 aromatic heterocycles. The fraction of sp³-hybridized carbons (Fsp3) is 0.333. The fourth-order valence-corrected chi connectivity index (χ4v) is 1.77. The molecule has 1 N–H and O–H groups in total. The monoisotopic (exact) mass is 286 g/mol. The fourth-order valence-electron chi connectivity index (χ4n) is 1.77. The lowest BCUT2D eigenvalue weighted by atomic mass is 10.1. The van der Waals surface area contributed by atoms with Gasteiger partial charge in [-0.25, -0.2) is 0 Å². The number of ketones is 1. The predicted molar refractivity (Wildman–Crippen MR) is 79.4 cm³/mol. The molecule has 2 aromatic rings. The van der Waals surface area contributed by atoms with E-state index in [1.54, 1.807) is 35.4 Å². The molecule has 0 spiro atoms. The van der Waals surface area contributed by atoms with Gasteiger partial charge in [-0.2, -0.15) is 5.10 Å². The average molecular weight is 286 g/mol. The molecule has 0 aliphatic carbocycles. The maximum Gasteiger partial charge on any atom is 0.255 e. The Labute approximate surface area is 123 Å². The van der Waals surface area contributed by atoms with Crippen LogP contribution in [0.1, 0.15) is 48.5 Å². The van der Waals surface area contributed by atoms with Crippen molar-refractivity contribution in [1.82, 2.24) is 14.8 Å². The van der Waals surface area contributed by atoms with Gasteiger partial charge in [-0.05, 0) is 32.9 Å². The number of amides is 1. The Bertz CT molecular complexity index is 669. The first kappa shape index (κ1) is 14.9. The van der Waals surface area contributed by atoms with Crippen LogP contribution in [0.4, 0.5) is 5.69 Å². The standard InChI is InChI=1S/C15H18N4O2/c1-10(20)13-12(9-19(18-13)15(2,3)4)17-14(21)11-5-7-16-8-6-11/h5-9H,1-4H3,(H,17,21). The molecule has 0 bridgehead atoms. The Kier molecular flexibility index (Phi) is 3.88. The molecular formula is C15H18N4O2. The quantitative estimate of drug-likeness (QED) is 0.879. The van der Waals surface area contributed by atoms with Crippen molar-refractivity contribution >= 4 is 17.4 Å². The highest BCUT2D eigenvalue weighted by Crippen LogP contribution is 2.21. The Hall–Kier alpha value is -2.50. The van der Waals surface area contributed by atoms with Crippen LogP contribution in [-0.4, -0.2) is 26.5 Å². The molecule has 0 aliphatic rings. The number of hydrogen-bond donors (Lipinski definition) is 1. The molecule has 110 valence electrons. The summed E-state index contributed by atoms with van der Waals surface area (Å²) in [5, 5.41) is 7.00. The van der Waals surface area contributed by atoms with Crippen LogP contribution < -0.4 is 5.32 Å². The number of anilines is 1. The Morgan fingerprint density at radius 3 is 2.33 bits per heavy atom. The van der Waals surface area contributed by atoms with Gasteiger partial charge in [0.05, 0.1) is 11.2 Å². The third-order valence-corrected chi connectivity index (χ3v) is 2.93. The normalized spacial score (nSPS) is 11.2. The molecule has 2 heterocycles. The molecule has 0 saturated heterocycles. The number of rotatable bonds is 3. The molecule has 1 amide bonds. The van der Waals surface area contributed by atoms with Crippen molar-refractivity contribution in [2.75, 3.05) is 5.32 Å². The Balaban J connectivity index is 2.33. The third-order valence-electron chi connectivity index (χ3n) is 2.93. The summed E-state index contributed by atoms with van der Waals surface area (Å²) < 4.78 is 1.67. The minimum Gasteiger partial charge on any atom is -0.319 e. The Morgan fingerprint density at radius 1 is 1.19 bits per heavy atom. The number of carbonyl (C=O) groups is 2. The van der Waals surface area contributed by atoms with Crippen molar-refractivity contribution in [3.63, 3.8) is 0 Å². The zero-order valence-electron chi connectivity index (χ0n) is 12.5. The molecule has 0 fully saturated rings. The van der Waals surface area contributed by atoms with Crippen molar-refractivity contribution in [2.45, 2.75) is 33.2 Å². The van der Waals surface area contributed by atoms with Crippen molar-refractivity contribution in [3.05, 3.63) is 42.0 Å². The van der Waals surface area contributed by atoms with E-state index in [-0.39, 0.29) is 22.9 Å². The minimum atomic E-state index is -0.298. The maximum absolute atomic E-state index is 12.2. The van der Waals surface area contributed by atoms with E-state index in [9.17, 15) is 9.59 Å². The molecule has 0 atom stereocenters. The number of aromatic nitrogens is 3. The van der Waals surface area contributed by atoms with Crippen molar-refractivity contribution in [2.24, 2.45) is 0 Å². The van der Waals surface area contributed by atoms with Crippen LogP contribution in [-0.2, 0) is 5.54 Å². The van der Waals surface area contributed by atoms with Gasteiger partial charge in [0.1, 0.15) is 0 Å². The highest BCUT2D eigenvalue weighted by molar-refractivity contribution is 6.08. The first-order valence-electron chi connectivity index (χ1n) is 6.61. The van der Waals surface area contributed by atoms with Gasteiger partial charge in [0, 0.05) is 31.1 Å². The van der Waals surface area contributed by atoms with Crippen LogP contribution in [0.3, 0.4) is 0 Å². The zero-order chi connectivity index (χ0) is 15.6. The number of hydrogen-bond acceptors (Lipinski definition) is 4. The smallest absolute Gasteiger partial charge is 0.255 e. The second-order valence-corrected chi connectivity index (χ2v) is 5.75. The molecule has 0 aromatic carbocycles. The average Bonchev–Trinajstić information content (AvgIpc) is 2.84. The van der Waals surface area contributed by atoms with Crippen LogP contribution in [0, 0.1) is 0 Å². The van der Waals surface area contributed by atoms with Crippen LogP contribution in [0.2, 0.25) is 0 Å². The van der Waals surface area contributed by atoms with E-state index in [0.717, 1.165) is 0 Å². The maximum atomic E-state index is 12.2. The lowest BCUT2D eigenvalue weighted by Gasteiger charge is -2.18. The molecule has 0 aliphatic heterocycles. The highest BCUT2D eigenvalue weighted by Gasteiger charge is 2.21. The summed E-state index contributed by atoms with van der Waals surface area (Å²) in [6.45, 7) is 7.34. The summed E-state index contributed by atoms with van der Waals surface area (Å²) in [5.74, 6) is -0.489. The van der Waals surface area contributed by atoms with E-state index < -0.39 is 0 Å². The summed E-state index contributed by atoms with van der Waals surface area (Å²) in [5.41, 5.74) is 0.874. The van der Waals surface area contributed by atoms with Gasteiger partial charge in [0.15, 0.2) is 11.5 Å². The predicted octanol–water partition coefficient (Wildman–Crippen LogP) is 2.49. The summed E-state index contributed by atoms with van der Waals surface area (Å²) in [6.07, 6.45) is 4.76. The van der Waals surface area contributed by atoms with E-state index in [1.165, 1.54) is 6.92 Å². The minimum absolute atomic E-state index is 0.192. The zero-order valence-corrected chi connectivity index (χ0v) is 12.5. The molecule has 2 rings (SSSR count). The molecule has 6 nitrogen and oxygen atoms in total. The van der Waals surface area contributed by atoms with Crippen LogP contribution in [0.15, 0.2) is 30.7 Å². The number of carbonyl (C=O) groups excluding carboxylic acids is 2. The van der Waals surface area contributed by atoms with Crippen molar-refractivity contribution in [1.29, 1.82) is 0 Å². The number of nitrogens with zero attached hydrogens (tertiary/aromatic N) is 3. The number of Topliss-reactive ketones (excluding diaryl/α,β-unsaturated/α-hetero) is 1. The van der Waals surface area contributed by atoms with Gasteiger partial charge in [-0.1, -0.05) is 0 Å². The van der Waals surface area contributed by atoms with Gasteiger partial charge in [-0.15, -0.1) is 0 Å². The van der Waals surface area contributed by atoms with E-state index in [2.05, 4.69) is 15.4 Å². The second kappa shape index (κ2) is 5.47. The molecular weight excluding hydrogens is 268 g/mol. The molecule has 0 saturated carbocycles. The molecule has 6 heteroatoms. The van der Waals surface area contributed by atoms with Crippen molar-refractivity contribution < 1.29 is 9.59 Å². The van der Waals surface area contributed by atoms with E-state index in [1.807, 2.05) is 20.8 Å². The number of pyridine rings is 1. The third kappa shape index (κ3) is 3.34. The van der Waals surface area contributed by atoms with E-state index in [0.29, 0.717) is 11.3 Å². The van der Waals surface area contributed by atoms with Crippen LogP contribution in [0.5, 0.6) is 0 Å². The summed E-state index contributed by atoms with van der Waals surface area (Å²) in [7, 11) is 0. The van der Waals surface area contributed by atoms with Gasteiger partial charge < -0.3 is 5.32 Å². The SMILES string of the molecule is CC(=O)c1nn(C(C)(C)C)cc1NC(=O)c1ccncc1. The molecule has 0 unspecified atom stereocenters. The van der Waals surface area contributed by atoms with Gasteiger partial charge >= 0.3 is 0 Å². The number of nitrogens with one attached hydrogen (secondary N) is 1. The Morgan fingerprint density at radius 2 is 1.81 bits per heavy atom. The summed E-state index contributed by atoms with van der Waals surface area (Å²) in [4.78, 5) is 27.7. The second-order valence-electron chi connectivity index (χ2n) is 5.75. The van der Waals surface area contributed by atoms with Crippen molar-refractivity contribution in [3.8, 4) is 0 Å². The van der Waals surface area contributed by atoms with Gasteiger partial charge in [0.25, 0.3) is 5.91 Å². The van der Waals surface area contributed by atoms with Crippen LogP contribution >= 0.6 is 0 Å². The lowest BCUT2D eigenvalue weighted by Crippen LogP contribution is -2.22. The van der Waals surface area contributed by atoms with E-state index in [4.69, 9.17) is 0 Å². The first-order chi connectivity index (χ1) is 9.79. The summed E-state index contributed by atoms with van der Waals surface area (Å²) >= 11 is 0. The highest BCUT2D eigenvalue weighted by atomic mass is 16.2. The topological polar surface area (TPSA) is 76.9 Å². The van der Waals surface area contributed by atoms with Gasteiger partial charge in [0.2, 0.25) is 0 Å². The molecule has 21 heavy (non-hydrogen) atoms. The molecule has 0 radical (unpaired) electrons.